The second-order valence-electron chi connectivity index (χ2n) is 7.77. The molecule has 3 heterocycles. The third-order valence-electron chi connectivity index (χ3n) is 5.36. The SMILES string of the molecule is Cc1ccc([N+](=O)[O-])cc1-c1ccc(/C=C2\SC(=Nc3ccccc3)N(Cc3ccco3)C2=O)o1. The number of nitrogens with zero attached hydrogens (tertiary/aromatic N) is 3. The number of nitro groups is 1. The number of carbonyl (C=O) groups is 1. The Labute approximate surface area is 204 Å². The number of aryl methyl sites for hydroxylation is 1. The highest BCUT2D eigenvalue weighted by atomic mass is 32.2. The molecule has 0 spiro atoms. The lowest BCUT2D eigenvalue weighted by molar-refractivity contribution is -0.384. The van der Waals surface area contributed by atoms with Crippen molar-refractivity contribution in [1.82, 2.24) is 4.90 Å². The van der Waals surface area contributed by atoms with E-state index in [0.29, 0.717) is 32.9 Å². The second kappa shape index (κ2) is 9.47. The van der Waals surface area contributed by atoms with Gasteiger partial charge in [-0.05, 0) is 60.6 Å². The zero-order valence-corrected chi connectivity index (χ0v) is 19.4. The number of hydrogen-bond acceptors (Lipinski definition) is 7. The number of rotatable bonds is 6. The van der Waals surface area contributed by atoms with Crippen molar-refractivity contribution < 1.29 is 18.6 Å². The second-order valence-corrected chi connectivity index (χ2v) is 8.78. The highest BCUT2D eigenvalue weighted by Crippen LogP contribution is 2.36. The number of non-ortho nitro benzene ring substituents is 1. The Kier molecular flexibility index (Phi) is 6.07. The average Bonchev–Trinajstić information content (AvgIpc) is 3.59. The van der Waals surface area contributed by atoms with Crippen molar-refractivity contribution in [2.45, 2.75) is 13.5 Å². The van der Waals surface area contributed by atoms with Crippen molar-refractivity contribution in [3.8, 4) is 11.3 Å². The number of nitro benzene ring substituents is 1. The van der Waals surface area contributed by atoms with Crippen molar-refractivity contribution in [1.29, 1.82) is 0 Å². The molecule has 0 saturated carbocycles. The van der Waals surface area contributed by atoms with Gasteiger partial charge < -0.3 is 8.83 Å². The number of furan rings is 2. The Morgan fingerprint density at radius 1 is 1.09 bits per heavy atom. The molecule has 0 atom stereocenters. The third kappa shape index (κ3) is 4.80. The van der Waals surface area contributed by atoms with Crippen LogP contribution in [0.2, 0.25) is 0 Å². The standard InChI is InChI=1S/C26H19N3O5S/c1-17-9-10-19(29(31)32)14-22(17)23-12-11-20(34-23)15-24-25(30)28(16-21-8-5-13-33-21)26(35-24)27-18-6-3-2-4-7-18/h2-15H,16H2,1H3/b24-15-,27-26?. The minimum Gasteiger partial charge on any atom is -0.467 e. The quantitative estimate of drug-likeness (QED) is 0.174. The van der Waals surface area contributed by atoms with Crippen LogP contribution in [0.25, 0.3) is 17.4 Å². The summed E-state index contributed by atoms with van der Waals surface area (Å²) in [5.74, 6) is 1.37. The molecule has 5 rings (SSSR count). The summed E-state index contributed by atoms with van der Waals surface area (Å²) in [5, 5.41) is 11.7. The predicted octanol–water partition coefficient (Wildman–Crippen LogP) is 6.56. The first-order valence-electron chi connectivity index (χ1n) is 10.7. The number of carbonyl (C=O) groups excluding carboxylic acids is 1. The molecule has 2 aromatic heterocycles. The van der Waals surface area contributed by atoms with Crippen LogP contribution in [0.4, 0.5) is 11.4 Å². The fourth-order valence-electron chi connectivity index (χ4n) is 3.60. The lowest BCUT2D eigenvalue weighted by atomic mass is 10.1. The summed E-state index contributed by atoms with van der Waals surface area (Å²) >= 11 is 1.25. The summed E-state index contributed by atoms with van der Waals surface area (Å²) in [4.78, 5) is 30.7. The van der Waals surface area contributed by atoms with Crippen LogP contribution in [0.15, 0.2) is 97.8 Å². The van der Waals surface area contributed by atoms with Crippen molar-refractivity contribution in [2.24, 2.45) is 4.99 Å². The van der Waals surface area contributed by atoms with Crippen LogP contribution in [0.5, 0.6) is 0 Å². The van der Waals surface area contributed by atoms with E-state index in [1.165, 1.54) is 23.9 Å². The van der Waals surface area contributed by atoms with Gasteiger partial charge in [0.05, 0.1) is 28.3 Å². The number of amides is 1. The molecule has 0 unspecified atom stereocenters. The molecule has 0 N–H and O–H groups in total. The minimum atomic E-state index is -0.441. The first kappa shape index (κ1) is 22.4. The van der Waals surface area contributed by atoms with E-state index in [1.807, 2.05) is 37.3 Å². The van der Waals surface area contributed by atoms with Crippen LogP contribution < -0.4 is 0 Å². The molecular weight excluding hydrogens is 466 g/mol. The van der Waals surface area contributed by atoms with Crippen molar-refractivity contribution in [3.05, 3.63) is 111 Å². The topological polar surface area (TPSA) is 102 Å². The van der Waals surface area contributed by atoms with E-state index in [4.69, 9.17) is 8.83 Å². The molecule has 4 aromatic rings. The Morgan fingerprint density at radius 2 is 1.91 bits per heavy atom. The Morgan fingerprint density at radius 3 is 2.66 bits per heavy atom. The zero-order valence-electron chi connectivity index (χ0n) is 18.6. The fourth-order valence-corrected chi connectivity index (χ4v) is 4.57. The maximum absolute atomic E-state index is 13.3. The van der Waals surface area contributed by atoms with E-state index in [0.717, 1.165) is 11.3 Å². The first-order chi connectivity index (χ1) is 17.0. The van der Waals surface area contributed by atoms with E-state index in [-0.39, 0.29) is 18.1 Å². The number of amidine groups is 1. The van der Waals surface area contributed by atoms with Crippen molar-refractivity contribution in [2.75, 3.05) is 0 Å². The van der Waals surface area contributed by atoms with Gasteiger partial charge in [-0.1, -0.05) is 24.3 Å². The lowest BCUT2D eigenvalue weighted by Crippen LogP contribution is -2.28. The molecule has 0 radical (unpaired) electrons. The molecule has 1 fully saturated rings. The van der Waals surface area contributed by atoms with Gasteiger partial charge in [0.1, 0.15) is 17.3 Å². The van der Waals surface area contributed by atoms with Gasteiger partial charge in [0.25, 0.3) is 11.6 Å². The van der Waals surface area contributed by atoms with Crippen LogP contribution >= 0.6 is 11.8 Å². The fraction of sp³-hybridized carbons (Fsp3) is 0.0769. The number of thioether (sulfide) groups is 1. The van der Waals surface area contributed by atoms with E-state index in [9.17, 15) is 14.9 Å². The Bertz CT molecular complexity index is 1460. The van der Waals surface area contributed by atoms with Crippen LogP contribution in [-0.4, -0.2) is 20.9 Å². The van der Waals surface area contributed by atoms with Gasteiger partial charge in [-0.3, -0.25) is 19.8 Å². The zero-order chi connectivity index (χ0) is 24.4. The van der Waals surface area contributed by atoms with Gasteiger partial charge >= 0.3 is 0 Å². The predicted molar refractivity (Wildman–Crippen MR) is 134 cm³/mol. The number of hydrogen-bond donors (Lipinski definition) is 0. The molecule has 0 bridgehead atoms. The van der Waals surface area contributed by atoms with Gasteiger partial charge in [0.15, 0.2) is 5.17 Å². The van der Waals surface area contributed by atoms with Crippen molar-refractivity contribution in [3.63, 3.8) is 0 Å². The minimum absolute atomic E-state index is 0.0150. The van der Waals surface area contributed by atoms with Crippen LogP contribution in [0, 0.1) is 17.0 Å². The monoisotopic (exact) mass is 485 g/mol. The maximum atomic E-state index is 13.3. The average molecular weight is 486 g/mol. The van der Waals surface area contributed by atoms with E-state index in [2.05, 4.69) is 4.99 Å². The molecule has 2 aromatic carbocycles. The van der Waals surface area contributed by atoms with Gasteiger partial charge in [-0.2, -0.15) is 0 Å². The number of aliphatic imine (C=N–C) groups is 1. The molecule has 1 aliphatic heterocycles. The van der Waals surface area contributed by atoms with E-state index < -0.39 is 4.92 Å². The summed E-state index contributed by atoms with van der Waals surface area (Å²) in [7, 11) is 0. The largest absolute Gasteiger partial charge is 0.467 e. The Balaban J connectivity index is 1.47. The molecule has 35 heavy (non-hydrogen) atoms. The van der Waals surface area contributed by atoms with Gasteiger partial charge in [0, 0.05) is 23.8 Å². The van der Waals surface area contributed by atoms with Gasteiger partial charge in [-0.25, -0.2) is 4.99 Å². The highest BCUT2D eigenvalue weighted by Gasteiger charge is 2.34. The highest BCUT2D eigenvalue weighted by molar-refractivity contribution is 8.18. The first-order valence-corrected chi connectivity index (χ1v) is 11.5. The van der Waals surface area contributed by atoms with Crippen LogP contribution in [0.1, 0.15) is 17.1 Å². The third-order valence-corrected chi connectivity index (χ3v) is 6.37. The summed E-state index contributed by atoms with van der Waals surface area (Å²) in [6, 6.07) is 21.1. The molecule has 1 aliphatic rings. The molecular formula is C26H19N3O5S. The summed E-state index contributed by atoms with van der Waals surface area (Å²) in [5.41, 5.74) is 2.19. The van der Waals surface area contributed by atoms with Gasteiger partial charge in [-0.15, -0.1) is 0 Å². The van der Waals surface area contributed by atoms with E-state index >= 15 is 0 Å². The molecule has 1 saturated heterocycles. The number of benzene rings is 2. The molecule has 0 aliphatic carbocycles. The Hall–Kier alpha value is -4.37. The smallest absolute Gasteiger partial charge is 0.270 e. The lowest BCUT2D eigenvalue weighted by Gasteiger charge is -2.13. The maximum Gasteiger partial charge on any atom is 0.270 e. The molecule has 1 amide bonds. The normalized spacial score (nSPS) is 15.9. The van der Waals surface area contributed by atoms with Crippen LogP contribution in [-0.2, 0) is 11.3 Å². The summed E-state index contributed by atoms with van der Waals surface area (Å²) in [6.07, 6.45) is 3.22. The van der Waals surface area contributed by atoms with Crippen molar-refractivity contribution >= 4 is 40.3 Å². The molecule has 174 valence electrons. The summed E-state index contributed by atoms with van der Waals surface area (Å²) in [6.45, 7) is 2.10. The summed E-state index contributed by atoms with van der Waals surface area (Å²) < 4.78 is 11.4. The number of para-hydroxylation sites is 1. The van der Waals surface area contributed by atoms with Gasteiger partial charge in [0.2, 0.25) is 0 Å². The van der Waals surface area contributed by atoms with E-state index in [1.54, 1.807) is 47.6 Å². The molecule has 9 heteroatoms. The van der Waals surface area contributed by atoms with Crippen LogP contribution in [0.3, 0.4) is 0 Å². The molecule has 8 nitrogen and oxygen atoms in total.